The number of hydrogen-bond donors (Lipinski definition) is 1. The second-order valence-electron chi connectivity index (χ2n) is 4.65. The maximum atomic E-state index is 13.5. The average Bonchev–Trinajstić information content (AvgIpc) is 2.56. The van der Waals surface area contributed by atoms with E-state index in [4.69, 9.17) is 4.74 Å². The van der Waals surface area contributed by atoms with Crippen LogP contribution in [0.15, 0.2) is 41.3 Å². The number of benzene rings is 2. The molecule has 1 amide bonds. The molecule has 0 aliphatic carbocycles. The van der Waals surface area contributed by atoms with E-state index in [-0.39, 0.29) is 0 Å². The standard InChI is InChI=1S/C16H14F3NO2S/c1-9(22-10-3-5-11(23-2)6-4-10)16(21)20-13-8-7-12(17)14(18)15(13)19/h3-9H,1-2H3,(H,20,21)/t9-/m1/s1. The summed E-state index contributed by atoms with van der Waals surface area (Å²) in [7, 11) is 0. The average molecular weight is 341 g/mol. The molecule has 0 saturated carbocycles. The molecule has 122 valence electrons. The van der Waals surface area contributed by atoms with Gasteiger partial charge in [-0.25, -0.2) is 13.2 Å². The van der Waals surface area contributed by atoms with Crippen LogP contribution in [-0.2, 0) is 4.79 Å². The van der Waals surface area contributed by atoms with Crippen LogP contribution in [0, 0.1) is 17.5 Å². The molecule has 2 aromatic carbocycles. The third-order valence-electron chi connectivity index (χ3n) is 3.03. The Labute approximate surface area is 135 Å². The van der Waals surface area contributed by atoms with Gasteiger partial charge in [0, 0.05) is 4.90 Å². The molecule has 0 spiro atoms. The zero-order valence-electron chi connectivity index (χ0n) is 12.4. The second kappa shape index (κ2) is 7.41. The van der Waals surface area contributed by atoms with Gasteiger partial charge in [0.2, 0.25) is 0 Å². The zero-order chi connectivity index (χ0) is 17.0. The molecule has 3 nitrogen and oxygen atoms in total. The lowest BCUT2D eigenvalue weighted by atomic mass is 10.2. The van der Waals surface area contributed by atoms with Gasteiger partial charge in [0.1, 0.15) is 5.75 Å². The van der Waals surface area contributed by atoms with Gasteiger partial charge in [-0.1, -0.05) is 0 Å². The first-order chi connectivity index (χ1) is 10.9. The summed E-state index contributed by atoms with van der Waals surface area (Å²) in [5, 5.41) is 2.17. The lowest BCUT2D eigenvalue weighted by molar-refractivity contribution is -0.122. The summed E-state index contributed by atoms with van der Waals surface area (Å²) in [6.45, 7) is 1.47. The van der Waals surface area contributed by atoms with Gasteiger partial charge in [0.05, 0.1) is 5.69 Å². The van der Waals surface area contributed by atoms with Crippen molar-refractivity contribution in [3.8, 4) is 5.75 Å². The zero-order valence-corrected chi connectivity index (χ0v) is 13.2. The van der Waals surface area contributed by atoms with E-state index in [9.17, 15) is 18.0 Å². The molecule has 2 rings (SSSR count). The van der Waals surface area contributed by atoms with Crippen LogP contribution >= 0.6 is 11.8 Å². The monoisotopic (exact) mass is 341 g/mol. The van der Waals surface area contributed by atoms with Crippen LogP contribution in [0.1, 0.15) is 6.92 Å². The van der Waals surface area contributed by atoms with Crippen LogP contribution < -0.4 is 10.1 Å². The van der Waals surface area contributed by atoms with E-state index in [1.54, 1.807) is 23.9 Å². The van der Waals surface area contributed by atoms with Gasteiger partial charge >= 0.3 is 0 Å². The minimum absolute atomic E-state index is 0.443. The number of rotatable bonds is 5. The fourth-order valence-electron chi connectivity index (χ4n) is 1.77. The highest BCUT2D eigenvalue weighted by Crippen LogP contribution is 2.22. The number of anilines is 1. The first-order valence-electron chi connectivity index (χ1n) is 6.67. The van der Waals surface area contributed by atoms with Crippen molar-refractivity contribution in [2.24, 2.45) is 0 Å². The molecule has 0 unspecified atom stereocenters. The van der Waals surface area contributed by atoms with Gasteiger partial charge in [-0.2, -0.15) is 0 Å². The van der Waals surface area contributed by atoms with Gasteiger partial charge in [-0.15, -0.1) is 11.8 Å². The second-order valence-corrected chi connectivity index (χ2v) is 5.53. The molecule has 0 aliphatic rings. The number of carbonyl (C=O) groups excluding carboxylic acids is 1. The topological polar surface area (TPSA) is 38.3 Å². The van der Waals surface area contributed by atoms with E-state index in [0.717, 1.165) is 17.0 Å². The molecule has 2 aromatic rings. The molecule has 0 aromatic heterocycles. The number of hydrogen-bond acceptors (Lipinski definition) is 3. The molecular formula is C16H14F3NO2S. The Kier molecular flexibility index (Phi) is 5.54. The summed E-state index contributed by atoms with van der Waals surface area (Å²) in [5.74, 6) is -4.61. The van der Waals surface area contributed by atoms with Gasteiger partial charge in [-0.3, -0.25) is 4.79 Å². The summed E-state index contributed by atoms with van der Waals surface area (Å²) in [4.78, 5) is 13.0. The van der Waals surface area contributed by atoms with E-state index in [2.05, 4.69) is 5.32 Å². The predicted molar refractivity (Wildman–Crippen MR) is 83.3 cm³/mol. The molecule has 0 heterocycles. The van der Waals surface area contributed by atoms with E-state index < -0.39 is 35.2 Å². The van der Waals surface area contributed by atoms with E-state index in [1.165, 1.54) is 6.92 Å². The first kappa shape index (κ1) is 17.2. The number of thioether (sulfide) groups is 1. The third-order valence-corrected chi connectivity index (χ3v) is 3.78. The van der Waals surface area contributed by atoms with Crippen molar-refractivity contribution in [3.63, 3.8) is 0 Å². The van der Waals surface area contributed by atoms with Crippen molar-refractivity contribution < 1.29 is 22.7 Å². The minimum Gasteiger partial charge on any atom is -0.481 e. The minimum atomic E-state index is -1.64. The first-order valence-corrected chi connectivity index (χ1v) is 7.90. The fraction of sp³-hybridized carbons (Fsp3) is 0.188. The Morgan fingerprint density at radius 3 is 2.35 bits per heavy atom. The van der Waals surface area contributed by atoms with Crippen molar-refractivity contribution in [2.45, 2.75) is 17.9 Å². The lowest BCUT2D eigenvalue weighted by Crippen LogP contribution is -2.30. The van der Waals surface area contributed by atoms with Crippen LogP contribution in [0.4, 0.5) is 18.9 Å². The Bertz CT molecular complexity index is 707. The van der Waals surface area contributed by atoms with Crippen LogP contribution in [-0.4, -0.2) is 18.3 Å². The Morgan fingerprint density at radius 2 is 1.74 bits per heavy atom. The fourth-order valence-corrected chi connectivity index (χ4v) is 2.18. The molecule has 7 heteroatoms. The van der Waals surface area contributed by atoms with Crippen molar-refractivity contribution in [2.75, 3.05) is 11.6 Å². The van der Waals surface area contributed by atoms with Crippen LogP contribution in [0.25, 0.3) is 0 Å². The highest BCUT2D eigenvalue weighted by molar-refractivity contribution is 7.98. The van der Waals surface area contributed by atoms with Crippen molar-refractivity contribution in [3.05, 3.63) is 53.8 Å². The number of nitrogens with one attached hydrogen (secondary N) is 1. The summed E-state index contributed by atoms with van der Waals surface area (Å²) < 4.78 is 44.9. The Balaban J connectivity index is 2.03. The number of amides is 1. The van der Waals surface area contributed by atoms with Crippen LogP contribution in [0.5, 0.6) is 5.75 Å². The van der Waals surface area contributed by atoms with Crippen LogP contribution in [0.3, 0.4) is 0 Å². The molecular weight excluding hydrogens is 327 g/mol. The molecule has 1 atom stereocenters. The highest BCUT2D eigenvalue weighted by atomic mass is 32.2. The van der Waals surface area contributed by atoms with Crippen LogP contribution in [0.2, 0.25) is 0 Å². The smallest absolute Gasteiger partial charge is 0.265 e. The molecule has 0 bridgehead atoms. The SMILES string of the molecule is CSc1ccc(O[C@H](C)C(=O)Nc2ccc(F)c(F)c2F)cc1. The quantitative estimate of drug-likeness (QED) is 0.653. The van der Waals surface area contributed by atoms with E-state index in [1.807, 2.05) is 18.4 Å². The number of halogens is 3. The Hall–Kier alpha value is -2.15. The summed E-state index contributed by atoms with van der Waals surface area (Å²) in [5.41, 5.74) is -0.443. The van der Waals surface area contributed by atoms with Crippen molar-refractivity contribution in [1.82, 2.24) is 0 Å². The Morgan fingerprint density at radius 1 is 1.09 bits per heavy atom. The number of carbonyl (C=O) groups is 1. The molecule has 0 radical (unpaired) electrons. The van der Waals surface area contributed by atoms with E-state index in [0.29, 0.717) is 5.75 Å². The maximum Gasteiger partial charge on any atom is 0.265 e. The largest absolute Gasteiger partial charge is 0.481 e. The molecule has 0 aliphatic heterocycles. The summed E-state index contributed by atoms with van der Waals surface area (Å²) in [6, 6.07) is 8.76. The molecule has 1 N–H and O–H groups in total. The maximum absolute atomic E-state index is 13.5. The highest BCUT2D eigenvalue weighted by Gasteiger charge is 2.19. The summed E-state index contributed by atoms with van der Waals surface area (Å²) >= 11 is 1.57. The van der Waals surface area contributed by atoms with E-state index >= 15 is 0 Å². The van der Waals surface area contributed by atoms with Crippen molar-refractivity contribution >= 4 is 23.4 Å². The van der Waals surface area contributed by atoms with Gasteiger partial charge in [0.25, 0.3) is 5.91 Å². The molecule has 0 saturated heterocycles. The third kappa shape index (κ3) is 4.19. The molecule has 0 fully saturated rings. The van der Waals surface area contributed by atoms with Gasteiger partial charge in [-0.05, 0) is 49.6 Å². The van der Waals surface area contributed by atoms with Gasteiger partial charge < -0.3 is 10.1 Å². The number of ether oxygens (including phenoxy) is 1. The summed E-state index contributed by atoms with van der Waals surface area (Å²) in [6.07, 6.45) is 0.991. The van der Waals surface area contributed by atoms with Crippen molar-refractivity contribution in [1.29, 1.82) is 0 Å². The molecule has 23 heavy (non-hydrogen) atoms. The predicted octanol–water partition coefficient (Wildman–Crippen LogP) is 4.23. The lowest BCUT2D eigenvalue weighted by Gasteiger charge is -2.15. The normalized spacial score (nSPS) is 11.9. The van der Waals surface area contributed by atoms with Gasteiger partial charge in [0.15, 0.2) is 23.6 Å².